The van der Waals surface area contributed by atoms with Gasteiger partial charge in [-0.3, -0.25) is 0 Å². The monoisotopic (exact) mass is 328 g/mol. The summed E-state index contributed by atoms with van der Waals surface area (Å²) in [5, 5.41) is 1.73. The summed E-state index contributed by atoms with van der Waals surface area (Å²) in [5.41, 5.74) is 0. The molecule has 0 bridgehead atoms. The third-order valence-corrected chi connectivity index (χ3v) is 5.67. The lowest BCUT2D eigenvalue weighted by Crippen LogP contribution is -2.39. The van der Waals surface area contributed by atoms with Crippen LogP contribution in [-0.2, 0) is 25.6 Å². The van der Waals surface area contributed by atoms with E-state index in [1.807, 2.05) is 6.92 Å². The van der Waals surface area contributed by atoms with E-state index in [1.54, 1.807) is 5.38 Å². The highest BCUT2D eigenvalue weighted by Gasteiger charge is 2.57. The Morgan fingerprint density at radius 1 is 1.32 bits per heavy atom. The molecule has 3 fully saturated rings. The molecule has 1 aromatic rings. The van der Waals surface area contributed by atoms with E-state index in [9.17, 15) is 4.39 Å². The second-order valence-electron chi connectivity index (χ2n) is 6.35. The summed E-state index contributed by atoms with van der Waals surface area (Å²) in [6.07, 6.45) is 4.43. The fourth-order valence-electron chi connectivity index (χ4n) is 3.65. The van der Waals surface area contributed by atoms with Crippen LogP contribution in [0.15, 0.2) is 11.4 Å². The minimum absolute atomic E-state index is 0.112. The summed E-state index contributed by atoms with van der Waals surface area (Å²) in [6.45, 7) is 2.20. The van der Waals surface area contributed by atoms with Crippen LogP contribution < -0.4 is 0 Å². The number of rotatable bonds is 3. The molecular formula is C16H21FO4S. The number of hydrogen-bond donors (Lipinski definition) is 0. The molecule has 1 aliphatic carbocycles. The molecule has 2 saturated heterocycles. The summed E-state index contributed by atoms with van der Waals surface area (Å²) < 4.78 is 37.6. The van der Waals surface area contributed by atoms with Crippen LogP contribution in [0.3, 0.4) is 0 Å². The Morgan fingerprint density at radius 2 is 2.14 bits per heavy atom. The molecule has 3 heterocycles. The Bertz CT molecular complexity index is 528. The molecule has 4 rings (SSSR count). The Labute approximate surface area is 133 Å². The van der Waals surface area contributed by atoms with Gasteiger partial charge in [-0.05, 0) is 31.2 Å². The molecule has 1 saturated carbocycles. The molecule has 4 atom stereocenters. The van der Waals surface area contributed by atoms with Crippen molar-refractivity contribution in [3.63, 3.8) is 0 Å². The third kappa shape index (κ3) is 2.61. The number of ether oxygens (including phenoxy) is 4. The van der Waals surface area contributed by atoms with Crippen LogP contribution in [0.5, 0.6) is 0 Å². The van der Waals surface area contributed by atoms with E-state index < -0.39 is 5.79 Å². The van der Waals surface area contributed by atoms with E-state index in [4.69, 9.17) is 18.9 Å². The quantitative estimate of drug-likeness (QED) is 0.850. The molecule has 2 aliphatic heterocycles. The van der Waals surface area contributed by atoms with E-state index in [2.05, 4.69) is 0 Å². The zero-order valence-corrected chi connectivity index (χ0v) is 13.4. The maximum absolute atomic E-state index is 13.5. The van der Waals surface area contributed by atoms with Gasteiger partial charge in [0.25, 0.3) is 0 Å². The molecule has 6 heteroatoms. The molecule has 1 aromatic heterocycles. The molecule has 4 nitrogen and oxygen atoms in total. The maximum Gasteiger partial charge on any atom is 0.190 e. The van der Waals surface area contributed by atoms with Crippen molar-refractivity contribution in [3.05, 3.63) is 22.1 Å². The van der Waals surface area contributed by atoms with Gasteiger partial charge in [0.05, 0.1) is 17.6 Å². The molecular weight excluding hydrogens is 307 g/mol. The van der Waals surface area contributed by atoms with E-state index >= 15 is 0 Å². The fourth-order valence-corrected chi connectivity index (χ4v) is 4.32. The van der Waals surface area contributed by atoms with Crippen LogP contribution in [0.1, 0.15) is 43.9 Å². The van der Waals surface area contributed by atoms with Crippen LogP contribution in [0, 0.1) is 5.82 Å². The zero-order chi connectivity index (χ0) is 15.2. The van der Waals surface area contributed by atoms with E-state index in [1.165, 1.54) is 23.8 Å². The standard InChI is InChI=1S/C16H21FO4S/c1-10-13(18-9-12-11(17)5-8-22-12)14-15(19-10)21-16(20-14)6-3-2-4-7-16/h5,8,10,13-15H,2-4,6-7,9H2,1H3/t10-,13+,14-,15-/m1/s1. The van der Waals surface area contributed by atoms with Crippen molar-refractivity contribution >= 4 is 11.3 Å². The smallest absolute Gasteiger partial charge is 0.190 e. The van der Waals surface area contributed by atoms with Gasteiger partial charge in [-0.2, -0.15) is 0 Å². The largest absolute Gasteiger partial charge is 0.367 e. The third-order valence-electron chi connectivity index (χ3n) is 4.80. The van der Waals surface area contributed by atoms with Crippen LogP contribution in [0.2, 0.25) is 0 Å². The Morgan fingerprint density at radius 3 is 2.86 bits per heavy atom. The van der Waals surface area contributed by atoms with Crippen molar-refractivity contribution in [1.82, 2.24) is 0 Å². The second kappa shape index (κ2) is 5.83. The second-order valence-corrected chi connectivity index (χ2v) is 7.35. The van der Waals surface area contributed by atoms with E-state index in [0.717, 1.165) is 25.7 Å². The predicted molar refractivity (Wildman–Crippen MR) is 79.0 cm³/mol. The average Bonchev–Trinajstić information content (AvgIpc) is 3.12. The van der Waals surface area contributed by atoms with Gasteiger partial charge in [0.15, 0.2) is 12.1 Å². The van der Waals surface area contributed by atoms with Gasteiger partial charge in [0.2, 0.25) is 0 Å². The lowest BCUT2D eigenvalue weighted by Gasteiger charge is -2.33. The Kier molecular flexibility index (Phi) is 3.98. The normalized spacial score (nSPS) is 36.8. The van der Waals surface area contributed by atoms with Crippen LogP contribution in [0.4, 0.5) is 4.39 Å². The SMILES string of the molecule is C[C@H]1O[C@@H]2OC3(CCCCC3)O[C@@H]2[C@H]1OCc1sccc1F. The molecule has 3 aliphatic rings. The van der Waals surface area contributed by atoms with Gasteiger partial charge in [-0.15, -0.1) is 11.3 Å². The highest BCUT2D eigenvalue weighted by molar-refractivity contribution is 7.09. The lowest BCUT2D eigenvalue weighted by atomic mass is 9.94. The van der Waals surface area contributed by atoms with Gasteiger partial charge >= 0.3 is 0 Å². The highest BCUT2D eigenvalue weighted by Crippen LogP contribution is 2.45. The molecule has 0 radical (unpaired) electrons. The van der Waals surface area contributed by atoms with Crippen LogP contribution >= 0.6 is 11.3 Å². The molecule has 22 heavy (non-hydrogen) atoms. The zero-order valence-electron chi connectivity index (χ0n) is 12.6. The first kappa shape index (κ1) is 15.0. The van der Waals surface area contributed by atoms with Gasteiger partial charge in [0.1, 0.15) is 18.0 Å². The van der Waals surface area contributed by atoms with Gasteiger partial charge in [-0.25, -0.2) is 4.39 Å². The van der Waals surface area contributed by atoms with Crippen molar-refractivity contribution in [2.75, 3.05) is 0 Å². The van der Waals surface area contributed by atoms with Crippen molar-refractivity contribution in [1.29, 1.82) is 0 Å². The maximum atomic E-state index is 13.5. The fraction of sp³-hybridized carbons (Fsp3) is 0.750. The Hall–Kier alpha value is -0.530. The average molecular weight is 328 g/mol. The molecule has 0 unspecified atom stereocenters. The minimum atomic E-state index is -0.483. The first-order valence-electron chi connectivity index (χ1n) is 8.01. The highest BCUT2D eigenvalue weighted by atomic mass is 32.1. The molecule has 0 amide bonds. The minimum Gasteiger partial charge on any atom is -0.367 e. The van der Waals surface area contributed by atoms with E-state index in [-0.39, 0.29) is 37.0 Å². The predicted octanol–water partition coefficient (Wildman–Crippen LogP) is 3.59. The first-order valence-corrected chi connectivity index (χ1v) is 8.89. The summed E-state index contributed by atoms with van der Waals surface area (Å²) in [7, 11) is 0. The van der Waals surface area contributed by atoms with Crippen molar-refractivity contribution in [2.24, 2.45) is 0 Å². The molecule has 122 valence electrons. The first-order chi connectivity index (χ1) is 10.7. The molecule has 1 spiro atoms. The van der Waals surface area contributed by atoms with Crippen molar-refractivity contribution < 1.29 is 23.3 Å². The number of hydrogen-bond acceptors (Lipinski definition) is 5. The van der Waals surface area contributed by atoms with Gasteiger partial charge in [0, 0.05) is 12.8 Å². The lowest BCUT2D eigenvalue weighted by molar-refractivity contribution is -0.247. The topological polar surface area (TPSA) is 36.9 Å². The van der Waals surface area contributed by atoms with Crippen molar-refractivity contribution in [3.8, 4) is 0 Å². The number of thiophene rings is 1. The van der Waals surface area contributed by atoms with Gasteiger partial charge in [-0.1, -0.05) is 6.42 Å². The van der Waals surface area contributed by atoms with Crippen LogP contribution in [0.25, 0.3) is 0 Å². The number of fused-ring (bicyclic) bond motifs is 1. The molecule has 0 aromatic carbocycles. The Balaban J connectivity index is 1.43. The summed E-state index contributed by atoms with van der Waals surface area (Å²) in [5.74, 6) is -0.691. The molecule has 0 N–H and O–H groups in total. The van der Waals surface area contributed by atoms with Crippen LogP contribution in [-0.4, -0.2) is 30.4 Å². The van der Waals surface area contributed by atoms with E-state index in [0.29, 0.717) is 4.88 Å². The van der Waals surface area contributed by atoms with Gasteiger partial charge < -0.3 is 18.9 Å². The summed E-state index contributed by atoms with van der Waals surface area (Å²) in [6, 6.07) is 1.47. The van der Waals surface area contributed by atoms with Crippen molar-refractivity contribution in [2.45, 2.75) is 76.0 Å². The summed E-state index contributed by atoms with van der Waals surface area (Å²) >= 11 is 1.37. The summed E-state index contributed by atoms with van der Waals surface area (Å²) in [4.78, 5) is 0.613. The number of halogens is 1.